The first-order chi connectivity index (χ1) is 9.20. The Bertz CT molecular complexity index is 564. The number of hydrogen-bond donors (Lipinski definition) is 1. The van der Waals surface area contributed by atoms with Crippen LogP contribution >= 0.6 is 0 Å². The van der Waals surface area contributed by atoms with E-state index in [0.717, 1.165) is 11.1 Å². The molecule has 0 aliphatic rings. The third kappa shape index (κ3) is 3.28. The minimum Gasteiger partial charge on any atom is -0.493 e. The molecular formula is C16H17NO2. The van der Waals surface area contributed by atoms with Crippen LogP contribution in [0.5, 0.6) is 11.5 Å². The van der Waals surface area contributed by atoms with Gasteiger partial charge in [0.2, 0.25) is 0 Å². The Morgan fingerprint density at radius 1 is 1.11 bits per heavy atom. The van der Waals surface area contributed by atoms with Gasteiger partial charge >= 0.3 is 0 Å². The molecule has 2 N–H and O–H groups in total. The van der Waals surface area contributed by atoms with Crippen molar-refractivity contribution in [2.75, 3.05) is 7.11 Å². The minimum absolute atomic E-state index is 0.500. The van der Waals surface area contributed by atoms with Gasteiger partial charge in [0.25, 0.3) is 0 Å². The first kappa shape index (κ1) is 13.0. The van der Waals surface area contributed by atoms with E-state index in [1.54, 1.807) is 7.11 Å². The lowest BCUT2D eigenvalue weighted by Gasteiger charge is -2.12. The van der Waals surface area contributed by atoms with Gasteiger partial charge in [-0.2, -0.15) is 0 Å². The molecule has 3 heteroatoms. The Morgan fingerprint density at radius 2 is 1.84 bits per heavy atom. The van der Waals surface area contributed by atoms with Crippen molar-refractivity contribution in [1.82, 2.24) is 0 Å². The monoisotopic (exact) mass is 255 g/mol. The molecule has 2 rings (SSSR count). The Kier molecular flexibility index (Phi) is 4.08. The van der Waals surface area contributed by atoms with Crippen LogP contribution in [0.4, 0.5) is 0 Å². The molecule has 0 amide bonds. The molecule has 98 valence electrons. The molecule has 19 heavy (non-hydrogen) atoms. The summed E-state index contributed by atoms with van der Waals surface area (Å²) in [4.78, 5) is 0. The van der Waals surface area contributed by atoms with Crippen LogP contribution < -0.4 is 15.2 Å². The largest absolute Gasteiger partial charge is 0.493 e. The van der Waals surface area contributed by atoms with Crippen molar-refractivity contribution >= 4 is 5.70 Å². The molecule has 0 aliphatic carbocycles. The van der Waals surface area contributed by atoms with Crippen LogP contribution in [0.3, 0.4) is 0 Å². The van der Waals surface area contributed by atoms with Gasteiger partial charge in [-0.3, -0.25) is 0 Å². The third-order valence-electron chi connectivity index (χ3n) is 2.77. The molecule has 0 unspecified atom stereocenters. The maximum Gasteiger partial charge on any atom is 0.161 e. The second-order valence-electron chi connectivity index (χ2n) is 4.17. The van der Waals surface area contributed by atoms with Crippen molar-refractivity contribution < 1.29 is 9.47 Å². The zero-order valence-corrected chi connectivity index (χ0v) is 10.9. The summed E-state index contributed by atoms with van der Waals surface area (Å²) in [7, 11) is 1.60. The van der Waals surface area contributed by atoms with Crippen LogP contribution in [0.25, 0.3) is 5.70 Å². The second-order valence-corrected chi connectivity index (χ2v) is 4.17. The number of rotatable bonds is 5. The van der Waals surface area contributed by atoms with Crippen molar-refractivity contribution in [3.63, 3.8) is 0 Å². The normalized spacial score (nSPS) is 9.95. The molecule has 0 saturated heterocycles. The third-order valence-corrected chi connectivity index (χ3v) is 2.77. The molecule has 0 aromatic heterocycles. The van der Waals surface area contributed by atoms with E-state index in [4.69, 9.17) is 15.2 Å². The van der Waals surface area contributed by atoms with E-state index in [9.17, 15) is 0 Å². The average Bonchev–Trinajstić information content (AvgIpc) is 2.45. The van der Waals surface area contributed by atoms with Crippen molar-refractivity contribution in [2.24, 2.45) is 5.73 Å². The first-order valence-corrected chi connectivity index (χ1v) is 6.00. The summed E-state index contributed by atoms with van der Waals surface area (Å²) in [5, 5.41) is 0. The van der Waals surface area contributed by atoms with Crippen LogP contribution in [-0.2, 0) is 6.61 Å². The van der Waals surface area contributed by atoms with E-state index in [1.807, 2.05) is 48.5 Å². The number of ether oxygens (including phenoxy) is 2. The molecule has 0 radical (unpaired) electrons. The van der Waals surface area contributed by atoms with Gasteiger partial charge in [0.05, 0.1) is 7.11 Å². The van der Waals surface area contributed by atoms with E-state index < -0.39 is 0 Å². The molecule has 2 aromatic carbocycles. The Balaban J connectivity index is 2.14. The summed E-state index contributed by atoms with van der Waals surface area (Å²) < 4.78 is 11.1. The van der Waals surface area contributed by atoms with E-state index in [2.05, 4.69) is 6.58 Å². The molecular weight excluding hydrogens is 238 g/mol. The summed E-state index contributed by atoms with van der Waals surface area (Å²) >= 11 is 0. The van der Waals surface area contributed by atoms with Gasteiger partial charge in [-0.1, -0.05) is 36.9 Å². The predicted molar refractivity (Wildman–Crippen MR) is 77.0 cm³/mol. The fourth-order valence-electron chi connectivity index (χ4n) is 1.72. The molecule has 0 bridgehead atoms. The quantitative estimate of drug-likeness (QED) is 0.892. The number of methoxy groups -OCH3 is 1. The maximum atomic E-state index is 5.75. The van der Waals surface area contributed by atoms with Gasteiger partial charge in [-0.15, -0.1) is 0 Å². The standard InChI is InChI=1S/C16H17NO2/c1-12(17)14-8-9-15(16(10-14)18-2)19-11-13-6-4-3-5-7-13/h3-10H,1,11,17H2,2H3. The van der Waals surface area contributed by atoms with Gasteiger partial charge in [0, 0.05) is 11.3 Å². The lowest BCUT2D eigenvalue weighted by Crippen LogP contribution is -1.99. The summed E-state index contributed by atoms with van der Waals surface area (Å²) in [5.74, 6) is 1.34. The van der Waals surface area contributed by atoms with Gasteiger partial charge < -0.3 is 15.2 Å². The predicted octanol–water partition coefficient (Wildman–Crippen LogP) is 3.20. The van der Waals surface area contributed by atoms with Gasteiger partial charge in [0.1, 0.15) is 6.61 Å². The van der Waals surface area contributed by atoms with Crippen molar-refractivity contribution in [2.45, 2.75) is 6.61 Å². The van der Waals surface area contributed by atoms with Gasteiger partial charge in [-0.25, -0.2) is 0 Å². The smallest absolute Gasteiger partial charge is 0.161 e. The molecule has 2 aromatic rings. The zero-order chi connectivity index (χ0) is 13.7. The van der Waals surface area contributed by atoms with Gasteiger partial charge in [-0.05, 0) is 23.8 Å². The maximum absolute atomic E-state index is 5.75. The van der Waals surface area contributed by atoms with Crippen molar-refractivity contribution in [3.05, 3.63) is 66.2 Å². The molecule has 0 spiro atoms. The number of benzene rings is 2. The number of nitrogens with two attached hydrogens (primary N) is 1. The zero-order valence-electron chi connectivity index (χ0n) is 10.9. The SMILES string of the molecule is C=C(N)c1ccc(OCc2ccccc2)c(OC)c1. The fraction of sp³-hybridized carbons (Fsp3) is 0.125. The summed E-state index contributed by atoms with van der Waals surface area (Å²) in [6.07, 6.45) is 0. The van der Waals surface area contributed by atoms with E-state index in [0.29, 0.717) is 23.8 Å². The highest BCUT2D eigenvalue weighted by atomic mass is 16.5. The summed E-state index contributed by atoms with van der Waals surface area (Å²) in [6.45, 7) is 4.21. The van der Waals surface area contributed by atoms with Crippen LogP contribution in [-0.4, -0.2) is 7.11 Å². The minimum atomic E-state index is 0.500. The lowest BCUT2D eigenvalue weighted by molar-refractivity contribution is 0.284. The van der Waals surface area contributed by atoms with Gasteiger partial charge in [0.15, 0.2) is 11.5 Å². The molecule has 0 fully saturated rings. The Morgan fingerprint density at radius 3 is 2.47 bits per heavy atom. The molecule has 0 heterocycles. The first-order valence-electron chi connectivity index (χ1n) is 6.00. The molecule has 0 saturated carbocycles. The highest BCUT2D eigenvalue weighted by Gasteiger charge is 2.06. The Hall–Kier alpha value is -2.42. The van der Waals surface area contributed by atoms with Crippen molar-refractivity contribution in [3.8, 4) is 11.5 Å². The highest BCUT2D eigenvalue weighted by Crippen LogP contribution is 2.30. The average molecular weight is 255 g/mol. The summed E-state index contributed by atoms with van der Waals surface area (Å²) in [5.41, 5.74) is 8.11. The van der Waals surface area contributed by atoms with E-state index in [1.165, 1.54) is 0 Å². The van der Waals surface area contributed by atoms with Crippen molar-refractivity contribution in [1.29, 1.82) is 0 Å². The van der Waals surface area contributed by atoms with Crippen LogP contribution in [0.15, 0.2) is 55.1 Å². The van der Waals surface area contributed by atoms with Crippen LogP contribution in [0.2, 0.25) is 0 Å². The topological polar surface area (TPSA) is 44.5 Å². The molecule has 0 aliphatic heterocycles. The fourth-order valence-corrected chi connectivity index (χ4v) is 1.72. The Labute approximate surface area is 113 Å². The highest BCUT2D eigenvalue weighted by molar-refractivity contribution is 5.63. The van der Waals surface area contributed by atoms with E-state index in [-0.39, 0.29) is 0 Å². The van der Waals surface area contributed by atoms with Crippen LogP contribution in [0.1, 0.15) is 11.1 Å². The van der Waals surface area contributed by atoms with E-state index >= 15 is 0 Å². The number of hydrogen-bond acceptors (Lipinski definition) is 3. The molecule has 0 atom stereocenters. The summed E-state index contributed by atoms with van der Waals surface area (Å²) in [6, 6.07) is 15.5. The second kappa shape index (κ2) is 5.96. The molecule has 3 nitrogen and oxygen atoms in total. The van der Waals surface area contributed by atoms with Crippen LogP contribution in [0, 0.1) is 0 Å². The lowest BCUT2D eigenvalue weighted by atomic mass is 10.1.